The van der Waals surface area contributed by atoms with E-state index in [0.717, 1.165) is 12.0 Å². The van der Waals surface area contributed by atoms with E-state index < -0.39 is 23.5 Å². The Kier molecular flexibility index (Phi) is 8.47. The average molecular weight is 336 g/mol. The third kappa shape index (κ3) is 8.11. The molecule has 0 aliphatic rings. The zero-order chi connectivity index (χ0) is 18.0. The fourth-order valence-corrected chi connectivity index (χ4v) is 2.16. The summed E-state index contributed by atoms with van der Waals surface area (Å²) >= 11 is 0. The van der Waals surface area contributed by atoms with E-state index >= 15 is 0 Å². The van der Waals surface area contributed by atoms with Crippen LogP contribution in [0.1, 0.15) is 45.6 Å². The van der Waals surface area contributed by atoms with Gasteiger partial charge in [0.2, 0.25) is 0 Å². The van der Waals surface area contributed by atoms with Crippen molar-refractivity contribution < 1.29 is 23.8 Å². The van der Waals surface area contributed by atoms with Crippen LogP contribution < -0.4 is 0 Å². The number of carbonyl (C=O) groups is 2. The Balaban J connectivity index is 2.32. The summed E-state index contributed by atoms with van der Waals surface area (Å²) in [5, 5.41) is 0. The molecule has 0 aliphatic carbocycles. The lowest BCUT2D eigenvalue weighted by molar-refractivity contribution is -0.168. The van der Waals surface area contributed by atoms with Gasteiger partial charge >= 0.3 is 11.9 Å². The first kappa shape index (κ1) is 20.2. The molecule has 1 unspecified atom stereocenters. The molecule has 134 valence electrons. The number of unbranched alkanes of at least 4 members (excludes halogenated alkanes) is 1. The molecule has 0 amide bonds. The van der Waals surface area contributed by atoms with Crippen LogP contribution in [-0.4, -0.2) is 31.3 Å². The maximum absolute atomic E-state index is 12.1. The molecular formula is C19H28O5. The Morgan fingerprint density at radius 2 is 1.71 bits per heavy atom. The fraction of sp³-hybridized carbons (Fsp3) is 0.579. The molecule has 0 radical (unpaired) electrons. The smallest absolute Gasteiger partial charge is 0.320 e. The lowest BCUT2D eigenvalue weighted by Crippen LogP contribution is -2.33. The minimum atomic E-state index is -0.872. The first-order chi connectivity index (χ1) is 11.3. The third-order valence-electron chi connectivity index (χ3n) is 3.32. The van der Waals surface area contributed by atoms with Gasteiger partial charge in [-0.15, -0.1) is 0 Å². The van der Waals surface area contributed by atoms with Crippen molar-refractivity contribution >= 4 is 11.9 Å². The maximum Gasteiger partial charge on any atom is 0.320 e. The van der Waals surface area contributed by atoms with Gasteiger partial charge in [-0.1, -0.05) is 30.3 Å². The topological polar surface area (TPSA) is 61.8 Å². The van der Waals surface area contributed by atoms with Crippen LogP contribution in [0.4, 0.5) is 0 Å². The molecule has 1 atom stereocenters. The van der Waals surface area contributed by atoms with Crippen molar-refractivity contribution in [1.29, 1.82) is 0 Å². The number of esters is 2. The largest absolute Gasteiger partial charge is 0.468 e. The van der Waals surface area contributed by atoms with Gasteiger partial charge in [-0.3, -0.25) is 9.59 Å². The number of hydrogen-bond donors (Lipinski definition) is 0. The number of methoxy groups -OCH3 is 1. The highest BCUT2D eigenvalue weighted by molar-refractivity contribution is 5.94. The summed E-state index contributed by atoms with van der Waals surface area (Å²) in [5.41, 5.74) is 0.501. The molecule has 0 aromatic heterocycles. The van der Waals surface area contributed by atoms with Crippen molar-refractivity contribution in [3.8, 4) is 0 Å². The van der Waals surface area contributed by atoms with Gasteiger partial charge in [-0.2, -0.15) is 0 Å². The Morgan fingerprint density at radius 3 is 2.29 bits per heavy atom. The molecule has 0 spiro atoms. The zero-order valence-corrected chi connectivity index (χ0v) is 15.0. The molecule has 1 rings (SSSR count). The van der Waals surface area contributed by atoms with E-state index in [-0.39, 0.29) is 0 Å². The van der Waals surface area contributed by atoms with E-state index in [0.29, 0.717) is 26.1 Å². The van der Waals surface area contributed by atoms with Crippen LogP contribution in [0.15, 0.2) is 30.3 Å². The van der Waals surface area contributed by atoms with Crippen LogP contribution in [0.3, 0.4) is 0 Å². The number of hydrogen-bond acceptors (Lipinski definition) is 5. The van der Waals surface area contributed by atoms with E-state index in [4.69, 9.17) is 14.2 Å². The predicted octanol–water partition coefficient (Wildman–Crippen LogP) is 3.50. The highest BCUT2D eigenvalue weighted by Gasteiger charge is 2.31. The highest BCUT2D eigenvalue weighted by Crippen LogP contribution is 2.17. The Bertz CT molecular complexity index is 504. The Morgan fingerprint density at radius 1 is 1.04 bits per heavy atom. The molecule has 5 heteroatoms. The standard InChI is InChI=1S/C19H28O5/c1-19(2,3)24-18(21)16(17(20)22-4)12-8-9-13-23-14-15-10-6-5-7-11-15/h5-7,10-11,16H,8-9,12-14H2,1-4H3. The maximum atomic E-state index is 12.1. The zero-order valence-electron chi connectivity index (χ0n) is 15.0. The number of benzene rings is 1. The molecular weight excluding hydrogens is 308 g/mol. The van der Waals surface area contributed by atoms with Crippen molar-refractivity contribution in [2.75, 3.05) is 13.7 Å². The van der Waals surface area contributed by atoms with Gasteiger partial charge in [-0.25, -0.2) is 0 Å². The Labute approximate surface area is 144 Å². The molecule has 24 heavy (non-hydrogen) atoms. The van der Waals surface area contributed by atoms with E-state index in [1.807, 2.05) is 30.3 Å². The molecule has 1 aromatic rings. The lowest BCUT2D eigenvalue weighted by atomic mass is 10.0. The second kappa shape index (κ2) is 10.1. The monoisotopic (exact) mass is 336 g/mol. The summed E-state index contributed by atoms with van der Waals surface area (Å²) in [7, 11) is 1.28. The van der Waals surface area contributed by atoms with Gasteiger partial charge in [0.1, 0.15) is 5.60 Å². The second-order valence-electron chi connectivity index (χ2n) is 6.64. The van der Waals surface area contributed by atoms with Crippen molar-refractivity contribution in [2.24, 2.45) is 5.92 Å². The molecule has 0 heterocycles. The van der Waals surface area contributed by atoms with Crippen LogP contribution in [0.5, 0.6) is 0 Å². The number of carbonyl (C=O) groups excluding carboxylic acids is 2. The second-order valence-corrected chi connectivity index (χ2v) is 6.64. The quantitative estimate of drug-likeness (QED) is 0.392. The van der Waals surface area contributed by atoms with E-state index in [1.54, 1.807) is 20.8 Å². The minimum absolute atomic E-state index is 0.399. The summed E-state index contributed by atoms with van der Waals surface area (Å²) in [4.78, 5) is 23.9. The van der Waals surface area contributed by atoms with E-state index in [1.165, 1.54) is 7.11 Å². The summed E-state index contributed by atoms with van der Waals surface area (Å²) < 4.78 is 15.6. The summed E-state index contributed by atoms with van der Waals surface area (Å²) in [6, 6.07) is 9.93. The first-order valence-corrected chi connectivity index (χ1v) is 8.26. The van der Waals surface area contributed by atoms with Crippen LogP contribution in [-0.2, 0) is 30.4 Å². The summed E-state index contributed by atoms with van der Waals surface area (Å²) in [6.45, 7) is 6.47. The minimum Gasteiger partial charge on any atom is -0.468 e. The van der Waals surface area contributed by atoms with Crippen LogP contribution >= 0.6 is 0 Å². The van der Waals surface area contributed by atoms with E-state index in [9.17, 15) is 9.59 Å². The van der Waals surface area contributed by atoms with Crippen molar-refractivity contribution in [3.05, 3.63) is 35.9 Å². The van der Waals surface area contributed by atoms with Gasteiger partial charge in [0.25, 0.3) is 0 Å². The number of rotatable bonds is 9. The van der Waals surface area contributed by atoms with Gasteiger partial charge in [-0.05, 0) is 45.6 Å². The first-order valence-electron chi connectivity index (χ1n) is 8.26. The molecule has 0 saturated carbocycles. The number of ether oxygens (including phenoxy) is 3. The molecule has 0 saturated heterocycles. The summed E-state index contributed by atoms with van der Waals surface area (Å²) in [6.07, 6.45) is 1.85. The molecule has 1 aromatic carbocycles. The fourth-order valence-electron chi connectivity index (χ4n) is 2.16. The molecule has 0 bridgehead atoms. The van der Waals surface area contributed by atoms with Crippen molar-refractivity contribution in [3.63, 3.8) is 0 Å². The molecule has 0 N–H and O–H groups in total. The van der Waals surface area contributed by atoms with Crippen LogP contribution in [0, 0.1) is 5.92 Å². The Hall–Kier alpha value is -1.88. The SMILES string of the molecule is COC(=O)C(CCCCOCc1ccccc1)C(=O)OC(C)(C)C. The van der Waals surface area contributed by atoms with Gasteiger partial charge in [0, 0.05) is 6.61 Å². The molecule has 0 fully saturated rings. The lowest BCUT2D eigenvalue weighted by Gasteiger charge is -2.22. The van der Waals surface area contributed by atoms with Gasteiger partial charge in [0.15, 0.2) is 5.92 Å². The van der Waals surface area contributed by atoms with Crippen LogP contribution in [0.25, 0.3) is 0 Å². The highest BCUT2D eigenvalue weighted by atomic mass is 16.6. The third-order valence-corrected chi connectivity index (χ3v) is 3.32. The van der Waals surface area contributed by atoms with Gasteiger partial charge < -0.3 is 14.2 Å². The predicted molar refractivity (Wildman–Crippen MR) is 91.3 cm³/mol. The average Bonchev–Trinajstić information content (AvgIpc) is 2.52. The summed E-state index contributed by atoms with van der Waals surface area (Å²) in [5.74, 6) is -1.95. The normalized spacial score (nSPS) is 12.5. The van der Waals surface area contributed by atoms with Gasteiger partial charge in [0.05, 0.1) is 13.7 Å². The molecule has 5 nitrogen and oxygen atoms in total. The van der Waals surface area contributed by atoms with Crippen molar-refractivity contribution in [2.45, 2.75) is 52.2 Å². The van der Waals surface area contributed by atoms with Crippen LogP contribution in [0.2, 0.25) is 0 Å². The van der Waals surface area contributed by atoms with E-state index in [2.05, 4.69) is 0 Å². The molecule has 0 aliphatic heterocycles. The van der Waals surface area contributed by atoms with Crippen molar-refractivity contribution in [1.82, 2.24) is 0 Å².